The highest BCUT2D eigenvalue weighted by Crippen LogP contribution is 2.17. The molecule has 1 amide bonds. The lowest BCUT2D eigenvalue weighted by Crippen LogP contribution is -2.28. The van der Waals surface area contributed by atoms with E-state index in [9.17, 15) is 4.79 Å². The van der Waals surface area contributed by atoms with Crippen LogP contribution >= 0.6 is 0 Å². The van der Waals surface area contributed by atoms with Gasteiger partial charge in [0.1, 0.15) is 6.33 Å². The van der Waals surface area contributed by atoms with Crippen LogP contribution in [-0.2, 0) is 11.2 Å². The van der Waals surface area contributed by atoms with Crippen molar-refractivity contribution < 1.29 is 13.7 Å². The number of hydrogen-bond donors (Lipinski definition) is 1. The van der Waals surface area contributed by atoms with E-state index >= 15 is 0 Å². The van der Waals surface area contributed by atoms with Crippen LogP contribution in [-0.4, -0.2) is 30.8 Å². The molecule has 9 heteroatoms. The SMILES string of the molecule is CC(C)n1cnnc1[C@@H](C)NC(=O)CCCc1nc(-c2ccco2)no1. The third-order valence-corrected chi connectivity index (χ3v) is 3.93. The summed E-state index contributed by atoms with van der Waals surface area (Å²) in [6, 6.07) is 3.55. The predicted molar refractivity (Wildman–Crippen MR) is 91.9 cm³/mol. The van der Waals surface area contributed by atoms with E-state index in [1.54, 1.807) is 24.7 Å². The lowest BCUT2D eigenvalue weighted by Gasteiger charge is -2.16. The van der Waals surface area contributed by atoms with Crippen molar-refractivity contribution in [2.75, 3.05) is 0 Å². The van der Waals surface area contributed by atoms with Gasteiger partial charge in [-0.15, -0.1) is 10.2 Å². The molecule has 0 unspecified atom stereocenters. The number of carbonyl (C=O) groups is 1. The Morgan fingerprint density at radius 1 is 1.35 bits per heavy atom. The molecule has 3 aromatic rings. The van der Waals surface area contributed by atoms with E-state index in [2.05, 4.69) is 25.7 Å². The lowest BCUT2D eigenvalue weighted by molar-refractivity contribution is -0.121. The maximum atomic E-state index is 12.2. The molecular weight excluding hydrogens is 336 g/mol. The fraction of sp³-hybridized carbons (Fsp3) is 0.471. The van der Waals surface area contributed by atoms with Crippen LogP contribution in [0.3, 0.4) is 0 Å². The molecule has 3 rings (SSSR count). The highest BCUT2D eigenvalue weighted by Gasteiger charge is 2.17. The highest BCUT2D eigenvalue weighted by molar-refractivity contribution is 5.76. The first-order valence-electron chi connectivity index (χ1n) is 8.60. The van der Waals surface area contributed by atoms with Gasteiger partial charge in [-0.2, -0.15) is 4.98 Å². The second-order valence-corrected chi connectivity index (χ2v) is 6.32. The van der Waals surface area contributed by atoms with Crippen LogP contribution in [0, 0.1) is 0 Å². The molecule has 0 bridgehead atoms. The van der Waals surface area contributed by atoms with Gasteiger partial charge in [0.25, 0.3) is 0 Å². The van der Waals surface area contributed by atoms with E-state index in [1.165, 1.54) is 0 Å². The van der Waals surface area contributed by atoms with Crippen molar-refractivity contribution in [3.05, 3.63) is 36.4 Å². The number of aryl methyl sites for hydroxylation is 1. The van der Waals surface area contributed by atoms with Gasteiger partial charge in [-0.25, -0.2) is 0 Å². The third-order valence-electron chi connectivity index (χ3n) is 3.93. The van der Waals surface area contributed by atoms with Crippen molar-refractivity contribution in [2.45, 2.75) is 52.1 Å². The molecule has 9 nitrogen and oxygen atoms in total. The van der Waals surface area contributed by atoms with Crippen molar-refractivity contribution in [2.24, 2.45) is 0 Å². The monoisotopic (exact) mass is 358 g/mol. The summed E-state index contributed by atoms with van der Waals surface area (Å²) in [7, 11) is 0. The zero-order chi connectivity index (χ0) is 18.5. The summed E-state index contributed by atoms with van der Waals surface area (Å²) in [5.41, 5.74) is 0. The summed E-state index contributed by atoms with van der Waals surface area (Å²) >= 11 is 0. The molecule has 0 aliphatic carbocycles. The topological polar surface area (TPSA) is 112 Å². The van der Waals surface area contributed by atoms with Gasteiger partial charge in [-0.1, -0.05) is 5.16 Å². The fourth-order valence-corrected chi connectivity index (χ4v) is 2.60. The molecule has 0 saturated carbocycles. The van der Waals surface area contributed by atoms with Crippen LogP contribution in [0.2, 0.25) is 0 Å². The number of amides is 1. The van der Waals surface area contributed by atoms with Crippen molar-refractivity contribution in [3.8, 4) is 11.6 Å². The minimum absolute atomic E-state index is 0.0541. The Balaban J connectivity index is 1.46. The van der Waals surface area contributed by atoms with Crippen molar-refractivity contribution in [1.82, 2.24) is 30.2 Å². The number of hydrogen-bond acceptors (Lipinski definition) is 7. The van der Waals surface area contributed by atoms with Crippen LogP contribution in [0.4, 0.5) is 0 Å². The summed E-state index contributed by atoms with van der Waals surface area (Å²) in [6.07, 6.45) is 4.72. The molecule has 0 spiro atoms. The summed E-state index contributed by atoms with van der Waals surface area (Å²) in [5, 5.41) is 14.8. The summed E-state index contributed by atoms with van der Waals surface area (Å²) < 4.78 is 12.3. The Morgan fingerprint density at radius 3 is 2.92 bits per heavy atom. The molecule has 26 heavy (non-hydrogen) atoms. The van der Waals surface area contributed by atoms with Crippen LogP contribution < -0.4 is 5.32 Å². The Labute approximate surface area is 150 Å². The average molecular weight is 358 g/mol. The maximum Gasteiger partial charge on any atom is 0.238 e. The quantitative estimate of drug-likeness (QED) is 0.659. The van der Waals surface area contributed by atoms with E-state index in [-0.39, 0.29) is 18.0 Å². The first-order valence-corrected chi connectivity index (χ1v) is 8.60. The van der Waals surface area contributed by atoms with Gasteiger partial charge < -0.3 is 18.8 Å². The van der Waals surface area contributed by atoms with Gasteiger partial charge >= 0.3 is 0 Å². The van der Waals surface area contributed by atoms with E-state index < -0.39 is 0 Å². The maximum absolute atomic E-state index is 12.2. The third kappa shape index (κ3) is 4.16. The normalized spacial score (nSPS) is 12.5. The number of rotatable bonds is 8. The minimum Gasteiger partial charge on any atom is -0.461 e. The van der Waals surface area contributed by atoms with Gasteiger partial charge in [0.2, 0.25) is 17.6 Å². The number of carbonyl (C=O) groups excluding carboxylic acids is 1. The lowest BCUT2D eigenvalue weighted by atomic mass is 10.2. The Hall–Kier alpha value is -2.97. The molecule has 0 fully saturated rings. The van der Waals surface area contributed by atoms with Crippen LogP contribution in [0.1, 0.15) is 57.4 Å². The van der Waals surface area contributed by atoms with Crippen LogP contribution in [0.5, 0.6) is 0 Å². The summed E-state index contributed by atoms with van der Waals surface area (Å²) in [4.78, 5) is 16.4. The molecule has 1 atom stereocenters. The van der Waals surface area contributed by atoms with E-state index in [0.29, 0.717) is 36.7 Å². The number of furan rings is 1. The number of aromatic nitrogens is 5. The molecule has 0 aliphatic rings. The van der Waals surface area contributed by atoms with Gasteiger partial charge in [-0.05, 0) is 39.3 Å². The molecule has 3 aromatic heterocycles. The van der Waals surface area contributed by atoms with E-state index in [1.807, 2.05) is 25.3 Å². The van der Waals surface area contributed by atoms with Crippen LogP contribution in [0.15, 0.2) is 33.7 Å². The molecular formula is C17H22N6O3. The highest BCUT2D eigenvalue weighted by atomic mass is 16.5. The Bertz CT molecular complexity index is 836. The Kier molecular flexibility index (Phi) is 5.45. The fourth-order valence-electron chi connectivity index (χ4n) is 2.60. The van der Waals surface area contributed by atoms with Crippen molar-refractivity contribution in [1.29, 1.82) is 0 Å². The zero-order valence-corrected chi connectivity index (χ0v) is 15.0. The Morgan fingerprint density at radius 2 is 2.19 bits per heavy atom. The number of nitrogens with zero attached hydrogens (tertiary/aromatic N) is 5. The summed E-state index contributed by atoms with van der Waals surface area (Å²) in [5.74, 6) is 2.14. The predicted octanol–water partition coefficient (Wildman–Crippen LogP) is 2.70. The smallest absolute Gasteiger partial charge is 0.238 e. The molecule has 0 radical (unpaired) electrons. The molecule has 138 valence electrons. The molecule has 1 N–H and O–H groups in total. The first kappa shape index (κ1) is 17.8. The zero-order valence-electron chi connectivity index (χ0n) is 15.0. The molecule has 0 saturated heterocycles. The van der Waals surface area contributed by atoms with Gasteiger partial charge in [0.15, 0.2) is 11.6 Å². The van der Waals surface area contributed by atoms with Crippen LogP contribution in [0.25, 0.3) is 11.6 Å². The van der Waals surface area contributed by atoms with Crippen molar-refractivity contribution >= 4 is 5.91 Å². The van der Waals surface area contributed by atoms with E-state index in [4.69, 9.17) is 8.94 Å². The largest absolute Gasteiger partial charge is 0.461 e. The summed E-state index contributed by atoms with van der Waals surface area (Å²) in [6.45, 7) is 5.99. The standard InChI is InChI=1S/C17H22N6O3/c1-11(2)23-10-18-21-17(23)12(3)19-14(24)7-4-8-15-20-16(22-26-15)13-6-5-9-25-13/h5-6,9-12H,4,7-8H2,1-3H3,(H,19,24)/t12-/m1/s1. The van der Waals surface area contributed by atoms with Crippen molar-refractivity contribution in [3.63, 3.8) is 0 Å². The van der Waals surface area contributed by atoms with Gasteiger partial charge in [-0.3, -0.25) is 4.79 Å². The second-order valence-electron chi connectivity index (χ2n) is 6.32. The van der Waals surface area contributed by atoms with Gasteiger partial charge in [0, 0.05) is 18.9 Å². The second kappa shape index (κ2) is 7.94. The minimum atomic E-state index is -0.207. The van der Waals surface area contributed by atoms with Gasteiger partial charge in [0.05, 0.1) is 12.3 Å². The first-order chi connectivity index (χ1) is 12.5. The number of nitrogens with one attached hydrogen (secondary N) is 1. The average Bonchev–Trinajstić information content (AvgIpc) is 3.34. The molecule has 0 aromatic carbocycles. The molecule has 0 aliphatic heterocycles. The van der Waals surface area contributed by atoms with E-state index in [0.717, 1.165) is 5.82 Å². The molecule has 3 heterocycles.